The molecule has 2 aromatic carbocycles. The number of hydrogen-bond donors (Lipinski definition) is 0. The predicted octanol–water partition coefficient (Wildman–Crippen LogP) is 3.71. The van der Waals surface area contributed by atoms with E-state index in [0.717, 1.165) is 16.7 Å². The van der Waals surface area contributed by atoms with E-state index in [4.69, 9.17) is 4.52 Å². The molecule has 0 N–H and O–H groups in total. The first-order chi connectivity index (χ1) is 12.6. The van der Waals surface area contributed by atoms with Gasteiger partial charge in [-0.2, -0.15) is 4.98 Å². The van der Waals surface area contributed by atoms with Gasteiger partial charge in [-0.05, 0) is 31.0 Å². The summed E-state index contributed by atoms with van der Waals surface area (Å²) in [5.41, 5.74) is 4.05. The molecule has 0 spiro atoms. The van der Waals surface area contributed by atoms with Gasteiger partial charge in [-0.1, -0.05) is 53.2 Å². The second-order valence-corrected chi connectivity index (χ2v) is 6.94. The molecule has 0 bridgehead atoms. The number of carbonyl (C=O) groups is 1. The summed E-state index contributed by atoms with van der Waals surface area (Å²) in [7, 11) is 0. The topological polar surface area (TPSA) is 59.2 Å². The first kappa shape index (κ1) is 16.5. The molecule has 3 aromatic rings. The zero-order chi connectivity index (χ0) is 18.1. The lowest BCUT2D eigenvalue weighted by molar-refractivity contribution is 0.0788. The maximum atomic E-state index is 13.2. The van der Waals surface area contributed by atoms with E-state index in [1.165, 1.54) is 12.0 Å². The normalized spacial score (nSPS) is 19.7. The third-order valence-corrected chi connectivity index (χ3v) is 5.17. The molecule has 2 atom stereocenters. The molecule has 1 fully saturated rings. The van der Waals surface area contributed by atoms with E-state index in [0.29, 0.717) is 18.9 Å². The molecule has 1 aromatic heterocycles. The van der Waals surface area contributed by atoms with Crippen molar-refractivity contribution in [3.8, 4) is 0 Å². The van der Waals surface area contributed by atoms with Gasteiger partial charge in [0.1, 0.15) is 0 Å². The summed E-state index contributed by atoms with van der Waals surface area (Å²) < 4.78 is 4.96. The Labute approximate surface area is 152 Å². The van der Waals surface area contributed by atoms with Crippen molar-refractivity contribution in [3.05, 3.63) is 83.0 Å². The van der Waals surface area contributed by atoms with E-state index in [1.807, 2.05) is 55.1 Å². The smallest absolute Gasteiger partial charge is 0.254 e. The monoisotopic (exact) mass is 347 g/mol. The Morgan fingerprint density at radius 2 is 1.85 bits per heavy atom. The van der Waals surface area contributed by atoms with Gasteiger partial charge in [0.15, 0.2) is 5.82 Å². The molecule has 5 nitrogen and oxygen atoms in total. The lowest BCUT2D eigenvalue weighted by atomic mass is 9.88. The summed E-state index contributed by atoms with van der Waals surface area (Å²) in [5.74, 6) is 0.918. The average molecular weight is 347 g/mol. The lowest BCUT2D eigenvalue weighted by Crippen LogP contribution is -2.29. The van der Waals surface area contributed by atoms with Crippen molar-refractivity contribution in [1.82, 2.24) is 15.0 Å². The van der Waals surface area contributed by atoms with E-state index in [-0.39, 0.29) is 17.7 Å². The predicted molar refractivity (Wildman–Crippen MR) is 98.0 cm³/mol. The Morgan fingerprint density at radius 1 is 1.08 bits per heavy atom. The highest BCUT2D eigenvalue weighted by atomic mass is 16.5. The van der Waals surface area contributed by atoms with E-state index >= 15 is 0 Å². The van der Waals surface area contributed by atoms with Gasteiger partial charge in [-0.3, -0.25) is 4.79 Å². The highest BCUT2D eigenvalue weighted by Gasteiger charge is 2.39. The van der Waals surface area contributed by atoms with Crippen LogP contribution in [0.5, 0.6) is 0 Å². The first-order valence-corrected chi connectivity index (χ1v) is 8.81. The fraction of sp³-hybridized carbons (Fsp3) is 0.286. The van der Waals surface area contributed by atoms with Crippen molar-refractivity contribution in [2.24, 2.45) is 0 Å². The minimum Gasteiger partial charge on any atom is -0.343 e. The van der Waals surface area contributed by atoms with Crippen LogP contribution in [0.4, 0.5) is 0 Å². The third-order valence-electron chi connectivity index (χ3n) is 5.17. The summed E-state index contributed by atoms with van der Waals surface area (Å²) in [5, 5.41) is 4.05. The SMILES string of the molecule is Cc1ccc(C)c(C(=O)N2C[C@H](c3ccccc3)[C@@H](c3ncon3)C2)c1. The number of aryl methyl sites for hydroxylation is 2. The summed E-state index contributed by atoms with van der Waals surface area (Å²) in [6.07, 6.45) is 1.35. The zero-order valence-electron chi connectivity index (χ0n) is 14.9. The van der Waals surface area contributed by atoms with Crippen molar-refractivity contribution in [2.45, 2.75) is 25.7 Å². The number of carbonyl (C=O) groups excluding carboxylic acids is 1. The molecule has 132 valence electrons. The van der Waals surface area contributed by atoms with Gasteiger partial charge >= 0.3 is 0 Å². The second-order valence-electron chi connectivity index (χ2n) is 6.94. The standard InChI is InChI=1S/C21H21N3O2/c1-14-8-9-15(2)17(10-14)21(25)24-11-18(16-6-4-3-5-7-16)19(12-24)20-22-13-26-23-20/h3-10,13,18-19H,11-12H2,1-2H3/t18-,19+/m1/s1. The quantitative estimate of drug-likeness (QED) is 0.725. The van der Waals surface area contributed by atoms with Crippen LogP contribution in [0.2, 0.25) is 0 Å². The van der Waals surface area contributed by atoms with E-state index < -0.39 is 0 Å². The molecular weight excluding hydrogens is 326 g/mol. The zero-order valence-corrected chi connectivity index (χ0v) is 14.9. The molecule has 0 saturated carbocycles. The van der Waals surface area contributed by atoms with Crippen molar-refractivity contribution in [1.29, 1.82) is 0 Å². The maximum Gasteiger partial charge on any atom is 0.254 e. The molecule has 1 aliphatic heterocycles. The van der Waals surface area contributed by atoms with Crippen LogP contribution >= 0.6 is 0 Å². The number of hydrogen-bond acceptors (Lipinski definition) is 4. The van der Waals surface area contributed by atoms with Gasteiger partial charge in [0.05, 0.1) is 0 Å². The van der Waals surface area contributed by atoms with Crippen molar-refractivity contribution in [2.75, 3.05) is 13.1 Å². The van der Waals surface area contributed by atoms with Crippen LogP contribution in [-0.2, 0) is 0 Å². The number of benzene rings is 2. The van der Waals surface area contributed by atoms with Crippen LogP contribution in [-0.4, -0.2) is 34.0 Å². The molecular formula is C21H21N3O2. The summed E-state index contributed by atoms with van der Waals surface area (Å²) >= 11 is 0. The Balaban J connectivity index is 1.67. The number of likely N-dealkylation sites (tertiary alicyclic amines) is 1. The highest BCUT2D eigenvalue weighted by Crippen LogP contribution is 2.39. The molecule has 1 amide bonds. The molecule has 0 unspecified atom stereocenters. The van der Waals surface area contributed by atoms with Gasteiger partial charge < -0.3 is 9.42 Å². The number of amides is 1. The average Bonchev–Trinajstić information content (AvgIpc) is 3.33. The highest BCUT2D eigenvalue weighted by molar-refractivity contribution is 5.96. The van der Waals surface area contributed by atoms with E-state index in [1.54, 1.807) is 0 Å². The number of rotatable bonds is 3. The van der Waals surface area contributed by atoms with Crippen molar-refractivity contribution >= 4 is 5.91 Å². The molecule has 0 radical (unpaired) electrons. The van der Waals surface area contributed by atoms with Crippen LogP contribution in [0.25, 0.3) is 0 Å². The Hall–Kier alpha value is -2.95. The van der Waals surface area contributed by atoms with E-state index in [9.17, 15) is 4.79 Å². The van der Waals surface area contributed by atoms with E-state index in [2.05, 4.69) is 22.3 Å². The van der Waals surface area contributed by atoms with Gasteiger partial charge in [0.2, 0.25) is 6.39 Å². The van der Waals surface area contributed by atoms with Gasteiger partial charge in [0, 0.05) is 30.5 Å². The van der Waals surface area contributed by atoms with Gasteiger partial charge in [0.25, 0.3) is 5.91 Å². The molecule has 5 heteroatoms. The van der Waals surface area contributed by atoms with Gasteiger partial charge in [-0.25, -0.2) is 0 Å². The fourth-order valence-electron chi connectivity index (χ4n) is 3.75. The summed E-state index contributed by atoms with van der Waals surface area (Å²) in [6.45, 7) is 5.23. The molecule has 1 saturated heterocycles. The summed E-state index contributed by atoms with van der Waals surface area (Å²) in [6, 6.07) is 16.3. The third kappa shape index (κ3) is 3.01. The Bertz CT molecular complexity index is 906. The Kier molecular flexibility index (Phi) is 4.29. The fourth-order valence-corrected chi connectivity index (χ4v) is 3.75. The van der Waals surface area contributed by atoms with Crippen LogP contribution < -0.4 is 0 Å². The van der Waals surface area contributed by atoms with Gasteiger partial charge in [-0.15, -0.1) is 0 Å². The largest absolute Gasteiger partial charge is 0.343 e. The molecule has 0 aliphatic carbocycles. The minimum atomic E-state index is 0.0326. The van der Waals surface area contributed by atoms with Crippen molar-refractivity contribution < 1.29 is 9.32 Å². The first-order valence-electron chi connectivity index (χ1n) is 8.81. The van der Waals surface area contributed by atoms with Crippen LogP contribution in [0.1, 0.15) is 44.7 Å². The van der Waals surface area contributed by atoms with Crippen LogP contribution in [0, 0.1) is 13.8 Å². The van der Waals surface area contributed by atoms with Crippen LogP contribution in [0.15, 0.2) is 59.4 Å². The van der Waals surface area contributed by atoms with Crippen LogP contribution in [0.3, 0.4) is 0 Å². The maximum absolute atomic E-state index is 13.2. The number of aromatic nitrogens is 2. The minimum absolute atomic E-state index is 0.0326. The second kappa shape index (κ2) is 6.75. The lowest BCUT2D eigenvalue weighted by Gasteiger charge is -2.18. The molecule has 26 heavy (non-hydrogen) atoms. The number of nitrogens with zero attached hydrogens (tertiary/aromatic N) is 3. The molecule has 2 heterocycles. The summed E-state index contributed by atoms with van der Waals surface area (Å²) in [4.78, 5) is 19.3. The molecule has 4 rings (SSSR count). The Morgan fingerprint density at radius 3 is 2.58 bits per heavy atom. The van der Waals surface area contributed by atoms with Crippen molar-refractivity contribution in [3.63, 3.8) is 0 Å². The molecule has 1 aliphatic rings.